The predicted molar refractivity (Wildman–Crippen MR) is 52.5 cm³/mol. The van der Waals surface area contributed by atoms with Gasteiger partial charge in [0.1, 0.15) is 0 Å². The minimum absolute atomic E-state index is 0.231. The van der Waals surface area contributed by atoms with Crippen molar-refractivity contribution in [3.8, 4) is 0 Å². The van der Waals surface area contributed by atoms with Crippen LogP contribution in [0.5, 0.6) is 0 Å². The van der Waals surface area contributed by atoms with Crippen LogP contribution in [-0.4, -0.2) is 34.6 Å². The first kappa shape index (κ1) is 10.6. The number of rotatable bonds is 3. The van der Waals surface area contributed by atoms with Crippen LogP contribution >= 0.6 is 0 Å². The van der Waals surface area contributed by atoms with Crippen molar-refractivity contribution in [2.24, 2.45) is 0 Å². The highest BCUT2D eigenvalue weighted by Crippen LogP contribution is 2.23. The summed E-state index contributed by atoms with van der Waals surface area (Å²) in [6, 6.07) is 0. The first-order chi connectivity index (χ1) is 7.25. The van der Waals surface area contributed by atoms with Crippen LogP contribution in [0.15, 0.2) is 4.52 Å². The molecule has 1 aliphatic heterocycles. The van der Waals surface area contributed by atoms with Gasteiger partial charge in [-0.15, -0.1) is 0 Å². The van der Waals surface area contributed by atoms with Crippen molar-refractivity contribution >= 4 is 0 Å². The molecular weight excluding hydrogens is 196 g/mol. The summed E-state index contributed by atoms with van der Waals surface area (Å²) in [4.78, 5) is 4.26. The molecule has 1 N–H and O–H groups in total. The molecule has 2 atom stereocenters. The summed E-state index contributed by atoms with van der Waals surface area (Å²) in [5.74, 6) is 1.45. The third kappa shape index (κ3) is 2.76. The molecule has 2 rings (SSSR count). The Morgan fingerprint density at radius 3 is 3.13 bits per heavy atom. The van der Waals surface area contributed by atoms with E-state index in [1.165, 1.54) is 0 Å². The molecule has 0 aliphatic carbocycles. The summed E-state index contributed by atoms with van der Waals surface area (Å²) in [6.07, 6.45) is 2.09. The number of hydrogen-bond acceptors (Lipinski definition) is 5. The monoisotopic (exact) mass is 212 g/mol. The summed E-state index contributed by atoms with van der Waals surface area (Å²) in [5.41, 5.74) is 0. The van der Waals surface area contributed by atoms with E-state index in [0.29, 0.717) is 24.7 Å². The molecule has 0 saturated carbocycles. The van der Waals surface area contributed by atoms with Gasteiger partial charge in [-0.05, 0) is 19.8 Å². The Morgan fingerprint density at radius 1 is 1.60 bits per heavy atom. The number of aromatic nitrogens is 2. The van der Waals surface area contributed by atoms with Crippen molar-refractivity contribution in [1.82, 2.24) is 10.1 Å². The minimum Gasteiger partial charge on any atom is -0.393 e. The normalized spacial score (nSPS) is 24.0. The van der Waals surface area contributed by atoms with Crippen molar-refractivity contribution in [3.05, 3.63) is 11.7 Å². The Bertz CT molecular complexity index is 305. The molecule has 5 heteroatoms. The highest BCUT2D eigenvalue weighted by Gasteiger charge is 2.22. The molecule has 1 aromatic heterocycles. The van der Waals surface area contributed by atoms with Gasteiger partial charge in [0, 0.05) is 13.0 Å². The lowest BCUT2D eigenvalue weighted by Crippen LogP contribution is -2.16. The highest BCUT2D eigenvalue weighted by atomic mass is 16.5. The fourth-order valence-electron chi connectivity index (χ4n) is 1.72. The summed E-state index contributed by atoms with van der Waals surface area (Å²) in [5, 5.41) is 13.0. The predicted octanol–water partition coefficient (Wildman–Crippen LogP) is 0.887. The third-order valence-corrected chi connectivity index (χ3v) is 2.47. The van der Waals surface area contributed by atoms with E-state index in [9.17, 15) is 5.11 Å². The van der Waals surface area contributed by atoms with Crippen LogP contribution in [0.4, 0.5) is 0 Å². The van der Waals surface area contributed by atoms with E-state index in [4.69, 9.17) is 9.26 Å². The fraction of sp³-hybridized carbons (Fsp3) is 0.800. The van der Waals surface area contributed by atoms with Gasteiger partial charge in [-0.3, -0.25) is 0 Å². The molecule has 5 nitrogen and oxygen atoms in total. The second kappa shape index (κ2) is 4.72. The van der Waals surface area contributed by atoms with Gasteiger partial charge in [0.15, 0.2) is 5.82 Å². The number of aliphatic hydroxyl groups excluding tert-OH is 1. The van der Waals surface area contributed by atoms with Crippen LogP contribution in [0.1, 0.15) is 37.4 Å². The van der Waals surface area contributed by atoms with E-state index in [2.05, 4.69) is 10.1 Å². The van der Waals surface area contributed by atoms with E-state index in [-0.39, 0.29) is 5.92 Å². The van der Waals surface area contributed by atoms with Crippen LogP contribution in [0, 0.1) is 0 Å². The van der Waals surface area contributed by atoms with Crippen molar-refractivity contribution < 1.29 is 14.4 Å². The smallest absolute Gasteiger partial charge is 0.232 e. The van der Waals surface area contributed by atoms with Gasteiger partial charge in [0.25, 0.3) is 0 Å². The van der Waals surface area contributed by atoms with E-state index in [1.54, 1.807) is 6.92 Å². The Morgan fingerprint density at radius 2 is 2.47 bits per heavy atom. The maximum Gasteiger partial charge on any atom is 0.232 e. The molecule has 0 radical (unpaired) electrons. The van der Waals surface area contributed by atoms with Crippen molar-refractivity contribution in [2.45, 2.75) is 38.2 Å². The molecule has 0 spiro atoms. The average Bonchev–Trinajstić information content (AvgIpc) is 2.67. The quantitative estimate of drug-likeness (QED) is 0.805. The molecule has 1 aromatic rings. The van der Waals surface area contributed by atoms with Crippen molar-refractivity contribution in [3.63, 3.8) is 0 Å². The average molecular weight is 212 g/mol. The zero-order valence-corrected chi connectivity index (χ0v) is 8.85. The number of hydrogen-bond donors (Lipinski definition) is 1. The number of nitrogens with zero attached hydrogens (tertiary/aromatic N) is 2. The van der Waals surface area contributed by atoms with Gasteiger partial charge < -0.3 is 14.4 Å². The fourth-order valence-corrected chi connectivity index (χ4v) is 1.72. The molecule has 1 aliphatic rings. The molecule has 1 fully saturated rings. The molecular formula is C10H16N2O3. The van der Waals surface area contributed by atoms with Gasteiger partial charge >= 0.3 is 0 Å². The Balaban J connectivity index is 1.99. The molecule has 2 unspecified atom stereocenters. The van der Waals surface area contributed by atoms with E-state index >= 15 is 0 Å². The Labute approximate surface area is 88.4 Å². The third-order valence-electron chi connectivity index (χ3n) is 2.47. The topological polar surface area (TPSA) is 68.4 Å². The van der Waals surface area contributed by atoms with Crippen LogP contribution in [-0.2, 0) is 11.2 Å². The van der Waals surface area contributed by atoms with Gasteiger partial charge in [0.05, 0.1) is 18.6 Å². The Hall–Kier alpha value is -0.940. The second-order valence-corrected chi connectivity index (χ2v) is 4.02. The molecule has 0 aromatic carbocycles. The number of ether oxygens (including phenoxy) is 1. The largest absolute Gasteiger partial charge is 0.393 e. The summed E-state index contributed by atoms with van der Waals surface area (Å²) >= 11 is 0. The van der Waals surface area contributed by atoms with E-state index in [0.717, 1.165) is 19.4 Å². The molecule has 84 valence electrons. The van der Waals surface area contributed by atoms with E-state index < -0.39 is 6.10 Å². The van der Waals surface area contributed by atoms with Gasteiger partial charge in [-0.1, -0.05) is 5.16 Å². The maximum atomic E-state index is 9.18. The standard InChI is InChI=1S/C10H16N2O3/c1-7(13)5-9-11-10(15-12-9)8-3-2-4-14-6-8/h7-8,13H,2-6H2,1H3. The first-order valence-corrected chi connectivity index (χ1v) is 5.34. The van der Waals surface area contributed by atoms with Crippen molar-refractivity contribution in [1.29, 1.82) is 0 Å². The van der Waals surface area contributed by atoms with Gasteiger partial charge in [-0.25, -0.2) is 0 Å². The minimum atomic E-state index is -0.432. The lowest BCUT2D eigenvalue weighted by molar-refractivity contribution is 0.0705. The van der Waals surface area contributed by atoms with Gasteiger partial charge in [0.2, 0.25) is 5.89 Å². The summed E-state index contributed by atoms with van der Waals surface area (Å²) < 4.78 is 10.5. The Kier molecular flexibility index (Phi) is 3.33. The zero-order valence-electron chi connectivity index (χ0n) is 8.85. The number of aliphatic hydroxyl groups is 1. The zero-order chi connectivity index (χ0) is 10.7. The van der Waals surface area contributed by atoms with Crippen LogP contribution in [0.3, 0.4) is 0 Å². The molecule has 1 saturated heterocycles. The van der Waals surface area contributed by atoms with Crippen LogP contribution < -0.4 is 0 Å². The van der Waals surface area contributed by atoms with E-state index in [1.807, 2.05) is 0 Å². The molecule has 15 heavy (non-hydrogen) atoms. The first-order valence-electron chi connectivity index (χ1n) is 5.34. The second-order valence-electron chi connectivity index (χ2n) is 4.02. The maximum absolute atomic E-state index is 9.18. The summed E-state index contributed by atoms with van der Waals surface area (Å²) in [7, 11) is 0. The summed E-state index contributed by atoms with van der Waals surface area (Å²) in [6.45, 7) is 3.20. The van der Waals surface area contributed by atoms with Crippen LogP contribution in [0.25, 0.3) is 0 Å². The van der Waals surface area contributed by atoms with Gasteiger partial charge in [-0.2, -0.15) is 4.98 Å². The SMILES string of the molecule is CC(O)Cc1noc(C2CCCOC2)n1. The van der Waals surface area contributed by atoms with Crippen LogP contribution in [0.2, 0.25) is 0 Å². The van der Waals surface area contributed by atoms with Crippen molar-refractivity contribution in [2.75, 3.05) is 13.2 Å². The molecule has 0 amide bonds. The lowest BCUT2D eigenvalue weighted by atomic mass is 10.0. The molecule has 0 bridgehead atoms. The lowest BCUT2D eigenvalue weighted by Gasteiger charge is -2.18. The highest BCUT2D eigenvalue weighted by molar-refractivity contribution is 4.95. The molecule has 2 heterocycles.